The fraction of sp³-hybridized carbons (Fsp3) is 0.882. The van der Waals surface area contributed by atoms with Gasteiger partial charge in [0, 0.05) is 12.3 Å². The van der Waals surface area contributed by atoms with E-state index in [0.29, 0.717) is 24.2 Å². The lowest BCUT2D eigenvalue weighted by Gasteiger charge is -2.41. The first kappa shape index (κ1) is 14.1. The molecule has 3 rings (SSSR count). The molecule has 3 aliphatic rings. The number of carbonyl (C=O) groups excluding carboxylic acids is 2. The molecule has 0 amide bonds. The van der Waals surface area contributed by atoms with Crippen molar-refractivity contribution in [2.24, 2.45) is 29.1 Å². The summed E-state index contributed by atoms with van der Waals surface area (Å²) < 4.78 is 5.47. The Morgan fingerprint density at radius 3 is 2.80 bits per heavy atom. The molecule has 0 spiro atoms. The van der Waals surface area contributed by atoms with Gasteiger partial charge in [-0.05, 0) is 55.8 Å². The van der Waals surface area contributed by atoms with Gasteiger partial charge < -0.3 is 4.74 Å². The van der Waals surface area contributed by atoms with Crippen molar-refractivity contribution in [1.82, 2.24) is 0 Å². The second-order valence-electron chi connectivity index (χ2n) is 7.42. The largest absolute Gasteiger partial charge is 0.465 e. The molecule has 3 heteroatoms. The van der Waals surface area contributed by atoms with E-state index in [0.717, 1.165) is 32.1 Å². The van der Waals surface area contributed by atoms with Gasteiger partial charge in [0.1, 0.15) is 5.78 Å². The van der Waals surface area contributed by atoms with E-state index in [1.807, 2.05) is 6.92 Å². The summed E-state index contributed by atoms with van der Waals surface area (Å²) in [5.41, 5.74) is 0.0351. The van der Waals surface area contributed by atoms with E-state index in [2.05, 4.69) is 6.92 Å². The fourth-order valence-electron chi connectivity index (χ4n) is 4.57. The van der Waals surface area contributed by atoms with E-state index in [-0.39, 0.29) is 23.2 Å². The molecule has 0 aromatic rings. The lowest BCUT2D eigenvalue weighted by Crippen LogP contribution is -2.41. The summed E-state index contributed by atoms with van der Waals surface area (Å²) in [7, 11) is 0. The molecular formula is C17H26O3. The SMILES string of the molecule is C[C@H](C(=O)OCC1CC1)[C@H]1CC[C@H]2C(=O)CCC[C@@]12C. The Hall–Kier alpha value is -0.860. The zero-order valence-corrected chi connectivity index (χ0v) is 12.7. The van der Waals surface area contributed by atoms with Crippen LogP contribution in [-0.4, -0.2) is 18.4 Å². The summed E-state index contributed by atoms with van der Waals surface area (Å²) in [5, 5.41) is 0. The highest BCUT2D eigenvalue weighted by Gasteiger charge is 2.53. The molecule has 0 aromatic heterocycles. The number of hydrogen-bond acceptors (Lipinski definition) is 3. The third kappa shape index (κ3) is 2.40. The molecule has 112 valence electrons. The number of hydrogen-bond donors (Lipinski definition) is 0. The number of Topliss-reactive ketones (excluding diaryl/α,β-unsaturated/α-hetero) is 1. The third-order valence-corrected chi connectivity index (χ3v) is 6.07. The summed E-state index contributed by atoms with van der Waals surface area (Å²) in [4.78, 5) is 24.4. The first-order valence-corrected chi connectivity index (χ1v) is 8.21. The van der Waals surface area contributed by atoms with Crippen molar-refractivity contribution in [2.45, 2.75) is 58.8 Å². The maximum absolute atomic E-state index is 12.3. The van der Waals surface area contributed by atoms with Gasteiger partial charge in [-0.25, -0.2) is 0 Å². The molecule has 0 heterocycles. The van der Waals surface area contributed by atoms with Gasteiger partial charge in [0.2, 0.25) is 0 Å². The summed E-state index contributed by atoms with van der Waals surface area (Å²) in [6.07, 6.45) is 7.22. The Labute approximate surface area is 121 Å². The standard InChI is InChI=1S/C17H26O3/c1-11(16(19)20-10-12-5-6-12)13-7-8-14-15(18)4-3-9-17(13,14)2/h11-14H,3-10H2,1-2H3/t11-,13+,14-,17-/m0/s1. The second kappa shape index (κ2) is 5.16. The molecule has 0 unspecified atom stereocenters. The molecule has 0 bridgehead atoms. The van der Waals surface area contributed by atoms with E-state index >= 15 is 0 Å². The number of esters is 1. The fourth-order valence-corrected chi connectivity index (χ4v) is 4.57. The van der Waals surface area contributed by atoms with E-state index in [9.17, 15) is 9.59 Å². The average Bonchev–Trinajstić information content (AvgIpc) is 3.17. The van der Waals surface area contributed by atoms with Crippen molar-refractivity contribution < 1.29 is 14.3 Å². The molecule has 3 nitrogen and oxygen atoms in total. The Kier molecular flexibility index (Phi) is 3.64. The topological polar surface area (TPSA) is 43.4 Å². The van der Waals surface area contributed by atoms with Gasteiger partial charge in [0.05, 0.1) is 12.5 Å². The Morgan fingerprint density at radius 2 is 2.10 bits per heavy atom. The summed E-state index contributed by atoms with van der Waals surface area (Å²) >= 11 is 0. The smallest absolute Gasteiger partial charge is 0.308 e. The average molecular weight is 278 g/mol. The minimum Gasteiger partial charge on any atom is -0.465 e. The molecule has 20 heavy (non-hydrogen) atoms. The molecule has 0 radical (unpaired) electrons. The van der Waals surface area contributed by atoms with Crippen LogP contribution in [0.4, 0.5) is 0 Å². The monoisotopic (exact) mass is 278 g/mol. The Balaban J connectivity index is 1.66. The first-order chi connectivity index (χ1) is 9.52. The van der Waals surface area contributed by atoms with Crippen LogP contribution in [0.1, 0.15) is 58.8 Å². The van der Waals surface area contributed by atoms with Crippen LogP contribution in [-0.2, 0) is 14.3 Å². The Bertz CT molecular complexity index is 412. The van der Waals surface area contributed by atoms with Gasteiger partial charge in [0.15, 0.2) is 0 Å². The molecule has 0 N–H and O–H groups in total. The maximum Gasteiger partial charge on any atom is 0.308 e. The van der Waals surface area contributed by atoms with Crippen molar-refractivity contribution in [3.05, 3.63) is 0 Å². The quantitative estimate of drug-likeness (QED) is 0.741. The molecule has 0 saturated heterocycles. The number of ketones is 1. The minimum absolute atomic E-state index is 0.0351. The van der Waals surface area contributed by atoms with Crippen LogP contribution >= 0.6 is 0 Å². The lowest BCUT2D eigenvalue weighted by molar-refractivity contribution is -0.153. The highest BCUT2D eigenvalue weighted by molar-refractivity contribution is 5.83. The van der Waals surface area contributed by atoms with Crippen molar-refractivity contribution >= 4 is 11.8 Å². The van der Waals surface area contributed by atoms with Crippen molar-refractivity contribution in [3.63, 3.8) is 0 Å². The number of rotatable bonds is 4. The first-order valence-electron chi connectivity index (χ1n) is 8.21. The Morgan fingerprint density at radius 1 is 1.35 bits per heavy atom. The number of fused-ring (bicyclic) bond motifs is 1. The van der Waals surface area contributed by atoms with Crippen LogP contribution in [0.3, 0.4) is 0 Å². The maximum atomic E-state index is 12.3. The van der Waals surface area contributed by atoms with Gasteiger partial charge >= 0.3 is 5.97 Å². The summed E-state index contributed by atoms with van der Waals surface area (Å²) in [5.74, 6) is 1.47. The third-order valence-electron chi connectivity index (χ3n) is 6.07. The molecule has 3 saturated carbocycles. The molecular weight excluding hydrogens is 252 g/mol. The summed E-state index contributed by atoms with van der Waals surface area (Å²) in [6.45, 7) is 4.85. The van der Waals surface area contributed by atoms with Gasteiger partial charge in [-0.15, -0.1) is 0 Å². The highest BCUT2D eigenvalue weighted by Crippen LogP contribution is 2.56. The molecule has 0 aliphatic heterocycles. The van der Waals surface area contributed by atoms with Crippen LogP contribution in [0.15, 0.2) is 0 Å². The van der Waals surface area contributed by atoms with E-state index in [1.54, 1.807) is 0 Å². The van der Waals surface area contributed by atoms with Crippen molar-refractivity contribution in [3.8, 4) is 0 Å². The van der Waals surface area contributed by atoms with Gasteiger partial charge in [-0.1, -0.05) is 13.8 Å². The van der Waals surface area contributed by atoms with Gasteiger partial charge in [0.25, 0.3) is 0 Å². The van der Waals surface area contributed by atoms with Crippen LogP contribution in [0, 0.1) is 29.1 Å². The summed E-state index contributed by atoms with van der Waals surface area (Å²) in [6, 6.07) is 0. The molecule has 3 fully saturated rings. The van der Waals surface area contributed by atoms with Crippen molar-refractivity contribution in [1.29, 1.82) is 0 Å². The molecule has 4 atom stereocenters. The number of carbonyl (C=O) groups is 2. The highest BCUT2D eigenvalue weighted by atomic mass is 16.5. The minimum atomic E-state index is -0.0605. The van der Waals surface area contributed by atoms with E-state index in [4.69, 9.17) is 4.74 Å². The molecule has 0 aromatic carbocycles. The van der Waals surface area contributed by atoms with Gasteiger partial charge in [-0.3, -0.25) is 9.59 Å². The van der Waals surface area contributed by atoms with Crippen LogP contribution in [0.25, 0.3) is 0 Å². The second-order valence-corrected chi connectivity index (χ2v) is 7.42. The van der Waals surface area contributed by atoms with E-state index < -0.39 is 0 Å². The predicted octanol–water partition coefficient (Wildman–Crippen LogP) is 3.36. The van der Waals surface area contributed by atoms with Gasteiger partial charge in [-0.2, -0.15) is 0 Å². The zero-order valence-electron chi connectivity index (χ0n) is 12.7. The number of ether oxygens (including phenoxy) is 1. The lowest BCUT2D eigenvalue weighted by atomic mass is 9.62. The van der Waals surface area contributed by atoms with E-state index in [1.165, 1.54) is 12.8 Å². The van der Waals surface area contributed by atoms with Crippen molar-refractivity contribution in [2.75, 3.05) is 6.61 Å². The zero-order chi connectivity index (χ0) is 14.3. The normalized spacial score (nSPS) is 38.4. The van der Waals surface area contributed by atoms with Crippen LogP contribution in [0.2, 0.25) is 0 Å². The van der Waals surface area contributed by atoms with Crippen LogP contribution < -0.4 is 0 Å². The predicted molar refractivity (Wildman–Crippen MR) is 76.0 cm³/mol. The van der Waals surface area contributed by atoms with Crippen LogP contribution in [0.5, 0.6) is 0 Å². The molecule has 3 aliphatic carbocycles.